The molecule has 2 rings (SSSR count). The SMILES string of the molecule is CC1(C)CC1(N)c1ccc(Cl)cc1Br. The van der Waals surface area contributed by atoms with E-state index in [0.717, 1.165) is 21.5 Å². The summed E-state index contributed by atoms with van der Waals surface area (Å²) >= 11 is 9.40. The summed E-state index contributed by atoms with van der Waals surface area (Å²) in [7, 11) is 0. The summed E-state index contributed by atoms with van der Waals surface area (Å²) in [5, 5.41) is 0.739. The summed E-state index contributed by atoms with van der Waals surface area (Å²) in [6.07, 6.45) is 1.03. The van der Waals surface area contributed by atoms with Gasteiger partial charge in [-0.05, 0) is 29.5 Å². The minimum atomic E-state index is -0.184. The summed E-state index contributed by atoms with van der Waals surface area (Å²) < 4.78 is 1.01. The first-order valence-corrected chi connectivity index (χ1v) is 5.78. The molecule has 1 aliphatic rings. The summed E-state index contributed by atoms with van der Waals surface area (Å²) in [5.74, 6) is 0. The van der Waals surface area contributed by atoms with E-state index in [0.29, 0.717) is 0 Å². The first kappa shape index (κ1) is 10.5. The zero-order chi connectivity index (χ0) is 10.6. The monoisotopic (exact) mass is 273 g/mol. The van der Waals surface area contributed by atoms with E-state index in [1.165, 1.54) is 0 Å². The minimum Gasteiger partial charge on any atom is -0.321 e. The Morgan fingerprint density at radius 3 is 2.43 bits per heavy atom. The molecule has 1 saturated carbocycles. The second kappa shape index (κ2) is 2.97. The number of hydrogen-bond donors (Lipinski definition) is 1. The normalized spacial score (nSPS) is 28.9. The Balaban J connectivity index is 2.45. The molecule has 0 radical (unpaired) electrons. The molecule has 0 saturated heterocycles. The largest absolute Gasteiger partial charge is 0.321 e. The molecular weight excluding hydrogens is 261 g/mol. The van der Waals surface area contributed by atoms with Crippen molar-refractivity contribution in [3.8, 4) is 0 Å². The van der Waals surface area contributed by atoms with Gasteiger partial charge in [0, 0.05) is 15.0 Å². The Hall–Kier alpha value is -0.0500. The van der Waals surface area contributed by atoms with Gasteiger partial charge in [-0.3, -0.25) is 0 Å². The lowest BCUT2D eigenvalue weighted by atomic mass is 9.97. The molecule has 1 aromatic carbocycles. The number of nitrogens with two attached hydrogens (primary N) is 1. The average molecular weight is 275 g/mol. The van der Waals surface area contributed by atoms with Gasteiger partial charge in [0.1, 0.15) is 0 Å². The number of halogens is 2. The zero-order valence-corrected chi connectivity index (χ0v) is 10.6. The van der Waals surface area contributed by atoms with Crippen LogP contribution in [0.1, 0.15) is 25.8 Å². The molecule has 0 heterocycles. The van der Waals surface area contributed by atoms with E-state index in [1.54, 1.807) is 0 Å². The Labute approximate surface area is 97.8 Å². The van der Waals surface area contributed by atoms with Gasteiger partial charge in [0.05, 0.1) is 0 Å². The maximum Gasteiger partial charge on any atom is 0.0479 e. The topological polar surface area (TPSA) is 26.0 Å². The van der Waals surface area contributed by atoms with Crippen molar-refractivity contribution in [2.24, 2.45) is 11.1 Å². The first-order valence-electron chi connectivity index (χ1n) is 4.61. The molecule has 14 heavy (non-hydrogen) atoms. The molecule has 76 valence electrons. The first-order chi connectivity index (χ1) is 6.37. The molecule has 1 aromatic rings. The highest BCUT2D eigenvalue weighted by atomic mass is 79.9. The van der Waals surface area contributed by atoms with Crippen molar-refractivity contribution in [2.75, 3.05) is 0 Å². The molecule has 0 aliphatic heterocycles. The van der Waals surface area contributed by atoms with E-state index in [-0.39, 0.29) is 11.0 Å². The van der Waals surface area contributed by atoms with Crippen LogP contribution in [0.4, 0.5) is 0 Å². The number of rotatable bonds is 1. The van der Waals surface area contributed by atoms with Crippen molar-refractivity contribution in [3.05, 3.63) is 33.3 Å². The van der Waals surface area contributed by atoms with Crippen LogP contribution < -0.4 is 5.73 Å². The molecule has 1 fully saturated rings. The van der Waals surface area contributed by atoms with Crippen LogP contribution in [0.5, 0.6) is 0 Å². The van der Waals surface area contributed by atoms with Crippen molar-refractivity contribution >= 4 is 27.5 Å². The van der Waals surface area contributed by atoms with Gasteiger partial charge in [-0.15, -0.1) is 0 Å². The molecule has 0 amide bonds. The van der Waals surface area contributed by atoms with E-state index < -0.39 is 0 Å². The molecule has 1 nitrogen and oxygen atoms in total. The minimum absolute atomic E-state index is 0.184. The van der Waals surface area contributed by atoms with Crippen molar-refractivity contribution < 1.29 is 0 Å². The third-order valence-corrected chi connectivity index (χ3v) is 4.11. The predicted molar refractivity (Wildman–Crippen MR) is 63.4 cm³/mol. The standard InChI is InChI=1S/C11H13BrClN/c1-10(2)6-11(10,14)8-4-3-7(13)5-9(8)12/h3-5H,6,14H2,1-2H3. The fraction of sp³-hybridized carbons (Fsp3) is 0.455. The molecule has 2 N–H and O–H groups in total. The van der Waals surface area contributed by atoms with Gasteiger partial charge in [0.15, 0.2) is 0 Å². The molecule has 0 aromatic heterocycles. The summed E-state index contributed by atoms with van der Waals surface area (Å²) in [6, 6.07) is 5.81. The second-order valence-corrected chi connectivity index (χ2v) is 5.95. The smallest absolute Gasteiger partial charge is 0.0479 e. The third-order valence-electron chi connectivity index (χ3n) is 3.22. The Morgan fingerprint density at radius 2 is 2.00 bits per heavy atom. The average Bonchev–Trinajstić information content (AvgIpc) is 2.50. The molecule has 1 aliphatic carbocycles. The number of benzene rings is 1. The molecule has 1 atom stereocenters. The van der Waals surface area contributed by atoms with Gasteiger partial charge >= 0.3 is 0 Å². The van der Waals surface area contributed by atoms with E-state index in [4.69, 9.17) is 17.3 Å². The van der Waals surface area contributed by atoms with E-state index in [1.807, 2.05) is 18.2 Å². The van der Waals surface area contributed by atoms with Gasteiger partial charge in [-0.25, -0.2) is 0 Å². The van der Waals surface area contributed by atoms with Crippen LogP contribution in [0.25, 0.3) is 0 Å². The second-order valence-electron chi connectivity index (χ2n) is 4.66. The van der Waals surface area contributed by atoms with Crippen LogP contribution in [0.2, 0.25) is 5.02 Å². The van der Waals surface area contributed by atoms with Gasteiger partial charge < -0.3 is 5.73 Å². The highest BCUT2D eigenvalue weighted by molar-refractivity contribution is 9.10. The van der Waals surface area contributed by atoms with Crippen molar-refractivity contribution in [3.63, 3.8) is 0 Å². The quantitative estimate of drug-likeness (QED) is 0.830. The van der Waals surface area contributed by atoms with E-state index in [2.05, 4.69) is 29.8 Å². The molecule has 0 bridgehead atoms. The summed E-state index contributed by atoms with van der Waals surface area (Å²) in [5.41, 5.74) is 7.50. The highest BCUT2D eigenvalue weighted by Crippen LogP contribution is 2.61. The highest BCUT2D eigenvalue weighted by Gasteiger charge is 2.59. The van der Waals surface area contributed by atoms with Crippen LogP contribution in [-0.4, -0.2) is 0 Å². The molecule has 3 heteroatoms. The Morgan fingerprint density at radius 1 is 1.43 bits per heavy atom. The zero-order valence-electron chi connectivity index (χ0n) is 8.27. The van der Waals surface area contributed by atoms with Crippen molar-refractivity contribution in [1.29, 1.82) is 0 Å². The molecule has 0 spiro atoms. The van der Waals surface area contributed by atoms with Gasteiger partial charge in [0.2, 0.25) is 0 Å². The van der Waals surface area contributed by atoms with Crippen molar-refractivity contribution in [1.82, 2.24) is 0 Å². The third kappa shape index (κ3) is 1.40. The summed E-state index contributed by atoms with van der Waals surface area (Å²) in [6.45, 7) is 4.38. The van der Waals surface area contributed by atoms with Crippen LogP contribution in [0, 0.1) is 5.41 Å². The van der Waals surface area contributed by atoms with Crippen LogP contribution >= 0.6 is 27.5 Å². The van der Waals surface area contributed by atoms with Gasteiger partial charge in [-0.1, -0.05) is 47.4 Å². The van der Waals surface area contributed by atoms with Crippen LogP contribution in [0.3, 0.4) is 0 Å². The fourth-order valence-corrected chi connectivity index (χ4v) is 3.00. The van der Waals surface area contributed by atoms with E-state index in [9.17, 15) is 0 Å². The molecular formula is C11H13BrClN. The predicted octanol–water partition coefficient (Wildman–Crippen LogP) is 3.69. The lowest BCUT2D eigenvalue weighted by Crippen LogP contribution is -2.25. The lowest BCUT2D eigenvalue weighted by molar-refractivity contribution is 0.508. The van der Waals surface area contributed by atoms with E-state index >= 15 is 0 Å². The van der Waals surface area contributed by atoms with Crippen molar-refractivity contribution in [2.45, 2.75) is 25.8 Å². The Bertz CT molecular complexity index is 389. The molecule has 1 unspecified atom stereocenters. The number of hydrogen-bond acceptors (Lipinski definition) is 1. The maximum atomic E-state index is 6.32. The van der Waals surface area contributed by atoms with Gasteiger partial charge in [0.25, 0.3) is 0 Å². The van der Waals surface area contributed by atoms with Gasteiger partial charge in [-0.2, -0.15) is 0 Å². The summed E-state index contributed by atoms with van der Waals surface area (Å²) in [4.78, 5) is 0. The lowest BCUT2D eigenvalue weighted by Gasteiger charge is -2.17. The van der Waals surface area contributed by atoms with Crippen LogP contribution in [0.15, 0.2) is 22.7 Å². The maximum absolute atomic E-state index is 6.32. The fourth-order valence-electron chi connectivity index (χ4n) is 1.96. The van der Waals surface area contributed by atoms with Crippen LogP contribution in [-0.2, 0) is 5.54 Å². The Kier molecular flexibility index (Phi) is 2.22.